The summed E-state index contributed by atoms with van der Waals surface area (Å²) in [4.78, 5) is 29.5. The molecule has 0 bridgehead atoms. The molecule has 1 N–H and O–H groups in total. The van der Waals surface area contributed by atoms with Gasteiger partial charge < -0.3 is 4.90 Å². The molecule has 160 valence electrons. The Labute approximate surface area is 196 Å². The number of hydrogen-bond acceptors (Lipinski definition) is 4. The molecule has 0 aliphatic carbocycles. The van der Waals surface area contributed by atoms with Gasteiger partial charge in [0.15, 0.2) is 5.11 Å². The first-order valence-electron chi connectivity index (χ1n) is 10.1. The molecule has 1 atom stereocenters. The fourth-order valence-corrected chi connectivity index (χ4v) is 4.88. The van der Waals surface area contributed by atoms with Crippen LogP contribution in [0.5, 0.6) is 0 Å². The predicted octanol–water partition coefficient (Wildman–Crippen LogP) is 5.00. The summed E-state index contributed by atoms with van der Waals surface area (Å²) < 4.78 is 0.891. The van der Waals surface area contributed by atoms with Crippen molar-refractivity contribution in [2.75, 3.05) is 16.8 Å². The van der Waals surface area contributed by atoms with E-state index in [2.05, 4.69) is 66.1 Å². The van der Waals surface area contributed by atoms with Crippen molar-refractivity contribution in [2.45, 2.75) is 38.6 Å². The molecule has 7 heteroatoms. The van der Waals surface area contributed by atoms with E-state index in [9.17, 15) is 9.59 Å². The van der Waals surface area contributed by atoms with Gasteiger partial charge in [0, 0.05) is 22.7 Å². The second-order valence-electron chi connectivity index (χ2n) is 8.73. The molecule has 0 spiro atoms. The SMILES string of the molecule is CC1CC(C)(C)N(C)c2ccc(/C=C3\C(=O)NC(=S)N(c4ccc(Br)cc4)C3=O)cc21. The minimum absolute atomic E-state index is 0.0635. The Bertz CT molecular complexity index is 1120. The third-order valence-electron chi connectivity index (χ3n) is 6.16. The highest BCUT2D eigenvalue weighted by atomic mass is 79.9. The lowest BCUT2D eigenvalue weighted by atomic mass is 9.80. The van der Waals surface area contributed by atoms with Crippen LogP contribution in [0.3, 0.4) is 0 Å². The van der Waals surface area contributed by atoms with Crippen molar-refractivity contribution in [3.8, 4) is 0 Å². The smallest absolute Gasteiger partial charge is 0.270 e. The van der Waals surface area contributed by atoms with Gasteiger partial charge in [-0.3, -0.25) is 19.8 Å². The highest BCUT2D eigenvalue weighted by Crippen LogP contribution is 2.42. The van der Waals surface area contributed by atoms with Crippen LogP contribution >= 0.6 is 28.1 Å². The quantitative estimate of drug-likeness (QED) is 0.360. The first kappa shape index (κ1) is 21.7. The van der Waals surface area contributed by atoms with Crippen molar-refractivity contribution >= 4 is 62.5 Å². The molecule has 2 amide bonds. The van der Waals surface area contributed by atoms with E-state index < -0.39 is 11.8 Å². The molecule has 2 aliphatic heterocycles. The summed E-state index contributed by atoms with van der Waals surface area (Å²) in [5.74, 6) is -0.533. The standard InChI is InChI=1S/C24H24BrN3O2S/c1-14-13-24(2,3)27(4)20-10-5-15(11-18(14)20)12-19-21(29)26-23(31)28(22(19)30)17-8-6-16(25)7-9-17/h5-12,14H,13H2,1-4H3,(H,26,29,31)/b19-12+. The van der Waals surface area contributed by atoms with Crippen LogP contribution < -0.4 is 15.1 Å². The van der Waals surface area contributed by atoms with Gasteiger partial charge >= 0.3 is 0 Å². The summed E-state index contributed by atoms with van der Waals surface area (Å²) in [7, 11) is 2.11. The van der Waals surface area contributed by atoms with Crippen molar-refractivity contribution in [2.24, 2.45) is 0 Å². The average molecular weight is 498 g/mol. The highest BCUT2D eigenvalue weighted by Gasteiger charge is 2.36. The van der Waals surface area contributed by atoms with Crippen LogP contribution in [0.15, 0.2) is 52.5 Å². The maximum absolute atomic E-state index is 13.2. The summed E-state index contributed by atoms with van der Waals surface area (Å²) in [5, 5.41) is 2.72. The number of benzene rings is 2. The fraction of sp³-hybridized carbons (Fsp3) is 0.292. The lowest BCUT2D eigenvalue weighted by Crippen LogP contribution is -2.54. The minimum atomic E-state index is -0.479. The number of nitrogens with one attached hydrogen (secondary N) is 1. The Morgan fingerprint density at radius 1 is 1.16 bits per heavy atom. The van der Waals surface area contributed by atoms with E-state index in [0.717, 1.165) is 16.5 Å². The number of rotatable bonds is 2. The summed E-state index contributed by atoms with van der Waals surface area (Å²) in [6, 6.07) is 13.3. The molecule has 31 heavy (non-hydrogen) atoms. The van der Waals surface area contributed by atoms with E-state index in [0.29, 0.717) is 11.6 Å². The number of nitrogens with zero attached hydrogens (tertiary/aromatic N) is 2. The van der Waals surface area contributed by atoms with E-state index in [1.165, 1.54) is 16.2 Å². The van der Waals surface area contributed by atoms with E-state index in [1.807, 2.05) is 18.2 Å². The number of carbonyl (C=O) groups excluding carboxylic acids is 2. The van der Waals surface area contributed by atoms with Crippen molar-refractivity contribution in [1.29, 1.82) is 0 Å². The Hall–Kier alpha value is -2.51. The van der Waals surface area contributed by atoms with Crippen molar-refractivity contribution in [1.82, 2.24) is 5.32 Å². The van der Waals surface area contributed by atoms with Crippen LogP contribution in [-0.2, 0) is 9.59 Å². The van der Waals surface area contributed by atoms with Crippen LogP contribution in [0.4, 0.5) is 11.4 Å². The molecule has 2 aromatic carbocycles. The van der Waals surface area contributed by atoms with Crippen molar-refractivity contribution in [3.05, 3.63) is 63.6 Å². The summed E-state index contributed by atoms with van der Waals surface area (Å²) in [6.07, 6.45) is 2.68. The van der Waals surface area contributed by atoms with E-state index in [-0.39, 0.29) is 16.2 Å². The molecule has 1 unspecified atom stereocenters. The monoisotopic (exact) mass is 497 g/mol. The number of thiocarbonyl (C=S) groups is 1. The van der Waals surface area contributed by atoms with Gasteiger partial charge in [-0.15, -0.1) is 0 Å². The Balaban J connectivity index is 1.72. The van der Waals surface area contributed by atoms with Gasteiger partial charge in [0.05, 0.1) is 5.69 Å². The summed E-state index contributed by atoms with van der Waals surface area (Å²) in [5.41, 5.74) is 3.97. The zero-order valence-electron chi connectivity index (χ0n) is 17.9. The number of amides is 2. The van der Waals surface area contributed by atoms with Crippen LogP contribution in [-0.4, -0.2) is 29.5 Å². The molecule has 0 aromatic heterocycles. The van der Waals surface area contributed by atoms with Gasteiger partial charge in [0.1, 0.15) is 5.57 Å². The Morgan fingerprint density at radius 3 is 2.52 bits per heavy atom. The third kappa shape index (κ3) is 3.92. The summed E-state index contributed by atoms with van der Waals surface area (Å²) in [6.45, 7) is 6.70. The summed E-state index contributed by atoms with van der Waals surface area (Å²) >= 11 is 8.66. The topological polar surface area (TPSA) is 52.7 Å². The first-order chi connectivity index (χ1) is 14.6. The fourth-order valence-electron chi connectivity index (χ4n) is 4.33. The zero-order valence-corrected chi connectivity index (χ0v) is 20.3. The van der Waals surface area contributed by atoms with Crippen molar-refractivity contribution < 1.29 is 9.59 Å². The van der Waals surface area contributed by atoms with E-state index in [4.69, 9.17) is 12.2 Å². The van der Waals surface area contributed by atoms with Crippen LogP contribution in [0.2, 0.25) is 0 Å². The molecule has 1 saturated heterocycles. The van der Waals surface area contributed by atoms with Crippen LogP contribution in [0.1, 0.15) is 44.2 Å². The number of hydrogen-bond donors (Lipinski definition) is 1. The molecule has 4 rings (SSSR count). The lowest BCUT2D eigenvalue weighted by molar-refractivity contribution is -0.122. The number of carbonyl (C=O) groups is 2. The molecule has 2 aromatic rings. The van der Waals surface area contributed by atoms with Crippen LogP contribution in [0.25, 0.3) is 6.08 Å². The molecule has 0 radical (unpaired) electrons. The normalized spacial score (nSPS) is 21.9. The molecule has 5 nitrogen and oxygen atoms in total. The van der Waals surface area contributed by atoms with Gasteiger partial charge in [0.2, 0.25) is 0 Å². The van der Waals surface area contributed by atoms with E-state index in [1.54, 1.807) is 18.2 Å². The number of anilines is 2. The lowest BCUT2D eigenvalue weighted by Gasteiger charge is -2.45. The molecule has 2 aliphatic rings. The third-order valence-corrected chi connectivity index (χ3v) is 6.97. The van der Waals surface area contributed by atoms with Gasteiger partial charge in [-0.25, -0.2) is 0 Å². The molecular formula is C24H24BrN3O2S. The van der Waals surface area contributed by atoms with Gasteiger partial charge in [-0.05, 0) is 92.0 Å². The zero-order chi connectivity index (χ0) is 22.5. The van der Waals surface area contributed by atoms with Gasteiger partial charge in [-0.1, -0.05) is 28.9 Å². The number of fused-ring (bicyclic) bond motifs is 1. The maximum Gasteiger partial charge on any atom is 0.270 e. The molecule has 1 fully saturated rings. The molecular weight excluding hydrogens is 474 g/mol. The van der Waals surface area contributed by atoms with Crippen LogP contribution in [0, 0.1) is 0 Å². The minimum Gasteiger partial charge on any atom is -0.369 e. The second-order valence-corrected chi connectivity index (χ2v) is 10.0. The predicted molar refractivity (Wildman–Crippen MR) is 132 cm³/mol. The maximum atomic E-state index is 13.2. The number of halogens is 1. The van der Waals surface area contributed by atoms with Gasteiger partial charge in [-0.2, -0.15) is 0 Å². The molecule has 0 saturated carbocycles. The molecule has 2 heterocycles. The first-order valence-corrected chi connectivity index (χ1v) is 11.3. The Kier molecular flexibility index (Phi) is 5.52. The highest BCUT2D eigenvalue weighted by molar-refractivity contribution is 9.10. The second kappa shape index (κ2) is 7.88. The van der Waals surface area contributed by atoms with Crippen molar-refractivity contribution in [3.63, 3.8) is 0 Å². The Morgan fingerprint density at radius 2 is 1.84 bits per heavy atom. The van der Waals surface area contributed by atoms with E-state index >= 15 is 0 Å². The van der Waals surface area contributed by atoms with Gasteiger partial charge in [0.25, 0.3) is 11.8 Å². The average Bonchev–Trinajstić information content (AvgIpc) is 2.70. The largest absolute Gasteiger partial charge is 0.369 e.